The summed E-state index contributed by atoms with van der Waals surface area (Å²) in [5, 5.41) is 16.2. The molecule has 0 aliphatic rings. The fourth-order valence-electron chi connectivity index (χ4n) is 1.87. The van der Waals surface area contributed by atoms with Gasteiger partial charge in [-0.2, -0.15) is 9.61 Å². The maximum atomic E-state index is 12.0. The molecule has 8 heteroatoms. The standard InChI is InChI=1S/C13H12BrN5OS/c1-8-16-17-13-19(8)18-11(21-13)5-6-15-12(20)9-3-2-4-10(14)7-9/h2-4,7H,5-6H2,1H3,(H,15,20). The van der Waals surface area contributed by atoms with E-state index < -0.39 is 0 Å². The number of nitrogens with zero attached hydrogens (tertiary/aromatic N) is 4. The van der Waals surface area contributed by atoms with Gasteiger partial charge in [0, 0.05) is 23.0 Å². The second kappa shape index (κ2) is 5.90. The van der Waals surface area contributed by atoms with Crippen molar-refractivity contribution in [2.45, 2.75) is 13.3 Å². The van der Waals surface area contributed by atoms with E-state index in [9.17, 15) is 4.79 Å². The van der Waals surface area contributed by atoms with Gasteiger partial charge in [-0.25, -0.2) is 0 Å². The second-order valence-electron chi connectivity index (χ2n) is 4.45. The van der Waals surface area contributed by atoms with Crippen LogP contribution in [0.1, 0.15) is 21.2 Å². The summed E-state index contributed by atoms with van der Waals surface area (Å²) in [5.74, 6) is 0.682. The van der Waals surface area contributed by atoms with Crippen molar-refractivity contribution in [3.63, 3.8) is 0 Å². The third kappa shape index (κ3) is 3.11. The molecule has 0 bridgehead atoms. The molecule has 3 aromatic rings. The molecule has 0 fully saturated rings. The van der Waals surface area contributed by atoms with Crippen LogP contribution in [-0.4, -0.2) is 32.3 Å². The third-order valence-electron chi connectivity index (χ3n) is 2.90. The number of hydrogen-bond acceptors (Lipinski definition) is 5. The molecule has 1 N–H and O–H groups in total. The van der Waals surface area contributed by atoms with Crippen molar-refractivity contribution in [3.8, 4) is 0 Å². The SMILES string of the molecule is Cc1nnc2sc(CCNC(=O)c3cccc(Br)c3)nn12. The lowest BCUT2D eigenvalue weighted by atomic mass is 10.2. The maximum Gasteiger partial charge on any atom is 0.251 e. The van der Waals surface area contributed by atoms with Gasteiger partial charge in [0.15, 0.2) is 5.82 Å². The van der Waals surface area contributed by atoms with Gasteiger partial charge in [-0.05, 0) is 25.1 Å². The maximum absolute atomic E-state index is 12.0. The number of benzene rings is 1. The van der Waals surface area contributed by atoms with Gasteiger partial charge in [-0.1, -0.05) is 33.3 Å². The van der Waals surface area contributed by atoms with E-state index in [0.717, 1.165) is 20.3 Å². The molecule has 108 valence electrons. The van der Waals surface area contributed by atoms with Gasteiger partial charge < -0.3 is 5.32 Å². The minimum Gasteiger partial charge on any atom is -0.352 e. The Morgan fingerprint density at radius 3 is 3.05 bits per heavy atom. The van der Waals surface area contributed by atoms with E-state index in [1.807, 2.05) is 19.1 Å². The number of nitrogens with one attached hydrogen (secondary N) is 1. The van der Waals surface area contributed by atoms with Gasteiger partial charge in [-0.3, -0.25) is 4.79 Å². The zero-order valence-electron chi connectivity index (χ0n) is 11.2. The molecule has 0 saturated heterocycles. The molecular formula is C13H12BrN5OS. The Labute approximate surface area is 133 Å². The summed E-state index contributed by atoms with van der Waals surface area (Å²) in [6.07, 6.45) is 0.674. The van der Waals surface area contributed by atoms with Crippen LogP contribution >= 0.6 is 27.3 Å². The van der Waals surface area contributed by atoms with Crippen LogP contribution in [0.5, 0.6) is 0 Å². The van der Waals surface area contributed by atoms with Crippen LogP contribution < -0.4 is 5.32 Å². The van der Waals surface area contributed by atoms with Crippen molar-refractivity contribution in [2.24, 2.45) is 0 Å². The Morgan fingerprint density at radius 2 is 2.29 bits per heavy atom. The number of carbonyl (C=O) groups is 1. The first kappa shape index (κ1) is 14.2. The van der Waals surface area contributed by atoms with E-state index in [2.05, 4.69) is 36.5 Å². The number of fused-ring (bicyclic) bond motifs is 1. The number of rotatable bonds is 4. The first-order chi connectivity index (χ1) is 10.1. The van der Waals surface area contributed by atoms with E-state index in [4.69, 9.17) is 0 Å². The number of carbonyl (C=O) groups excluding carboxylic acids is 1. The molecule has 0 radical (unpaired) electrons. The normalized spacial score (nSPS) is 11.0. The largest absolute Gasteiger partial charge is 0.352 e. The van der Waals surface area contributed by atoms with Crippen molar-refractivity contribution in [2.75, 3.05) is 6.54 Å². The van der Waals surface area contributed by atoms with E-state index in [1.54, 1.807) is 16.6 Å². The monoisotopic (exact) mass is 365 g/mol. The van der Waals surface area contributed by atoms with Crippen LogP contribution in [0.2, 0.25) is 0 Å². The smallest absolute Gasteiger partial charge is 0.251 e. The van der Waals surface area contributed by atoms with Crippen LogP contribution in [0.4, 0.5) is 0 Å². The molecule has 1 aromatic carbocycles. The highest BCUT2D eigenvalue weighted by Gasteiger charge is 2.09. The summed E-state index contributed by atoms with van der Waals surface area (Å²) in [6.45, 7) is 2.40. The predicted molar refractivity (Wildman–Crippen MR) is 83.6 cm³/mol. The van der Waals surface area contributed by atoms with E-state index >= 15 is 0 Å². The predicted octanol–water partition coefficient (Wildman–Crippen LogP) is 2.23. The molecule has 1 amide bonds. The number of aromatic nitrogens is 4. The lowest BCUT2D eigenvalue weighted by molar-refractivity contribution is 0.0954. The number of halogens is 1. The van der Waals surface area contributed by atoms with Crippen molar-refractivity contribution < 1.29 is 4.79 Å². The quantitative estimate of drug-likeness (QED) is 0.769. The summed E-state index contributed by atoms with van der Waals surface area (Å²) in [5.41, 5.74) is 0.637. The molecule has 0 aliphatic carbocycles. The summed E-state index contributed by atoms with van der Waals surface area (Å²) in [7, 11) is 0. The lowest BCUT2D eigenvalue weighted by Gasteiger charge is -2.04. The first-order valence-electron chi connectivity index (χ1n) is 6.35. The molecule has 0 unspecified atom stereocenters. The van der Waals surface area contributed by atoms with Crippen LogP contribution in [0, 0.1) is 6.92 Å². The molecule has 3 rings (SSSR count). The van der Waals surface area contributed by atoms with Crippen LogP contribution in [0.25, 0.3) is 4.96 Å². The molecular weight excluding hydrogens is 354 g/mol. The van der Waals surface area contributed by atoms with Crippen molar-refractivity contribution in [1.82, 2.24) is 25.1 Å². The second-order valence-corrected chi connectivity index (χ2v) is 6.41. The highest BCUT2D eigenvalue weighted by Crippen LogP contribution is 2.14. The molecule has 0 spiro atoms. The molecule has 0 atom stereocenters. The van der Waals surface area contributed by atoms with E-state index in [0.29, 0.717) is 18.5 Å². The van der Waals surface area contributed by atoms with Gasteiger partial charge in [0.05, 0.1) is 0 Å². The van der Waals surface area contributed by atoms with Gasteiger partial charge >= 0.3 is 0 Å². The van der Waals surface area contributed by atoms with Crippen LogP contribution in [0.3, 0.4) is 0 Å². The Hall–Kier alpha value is -1.80. The fourth-order valence-corrected chi connectivity index (χ4v) is 3.15. The number of amides is 1. The highest BCUT2D eigenvalue weighted by molar-refractivity contribution is 9.10. The molecule has 21 heavy (non-hydrogen) atoms. The molecule has 2 heterocycles. The molecule has 0 aliphatic heterocycles. The zero-order valence-corrected chi connectivity index (χ0v) is 13.6. The number of hydrogen-bond donors (Lipinski definition) is 1. The van der Waals surface area contributed by atoms with Gasteiger partial charge in [0.2, 0.25) is 4.96 Å². The average molecular weight is 366 g/mol. The summed E-state index contributed by atoms with van der Waals surface area (Å²) in [6, 6.07) is 7.30. The summed E-state index contributed by atoms with van der Waals surface area (Å²) >= 11 is 4.84. The molecule has 6 nitrogen and oxygen atoms in total. The minimum atomic E-state index is -0.0875. The summed E-state index contributed by atoms with van der Waals surface area (Å²) < 4.78 is 2.61. The third-order valence-corrected chi connectivity index (χ3v) is 4.35. The minimum absolute atomic E-state index is 0.0875. The zero-order chi connectivity index (χ0) is 14.8. The molecule has 0 saturated carbocycles. The lowest BCUT2D eigenvalue weighted by Crippen LogP contribution is -2.25. The first-order valence-corrected chi connectivity index (χ1v) is 7.96. The summed E-state index contributed by atoms with van der Waals surface area (Å²) in [4.78, 5) is 12.8. The van der Waals surface area contributed by atoms with Gasteiger partial charge in [-0.15, -0.1) is 10.2 Å². The van der Waals surface area contributed by atoms with Crippen LogP contribution in [0.15, 0.2) is 28.7 Å². The topological polar surface area (TPSA) is 72.2 Å². The van der Waals surface area contributed by atoms with Gasteiger partial charge in [0.1, 0.15) is 5.01 Å². The van der Waals surface area contributed by atoms with E-state index in [1.165, 1.54) is 11.3 Å². The number of aryl methyl sites for hydroxylation is 1. The Kier molecular flexibility index (Phi) is 3.98. The Balaban J connectivity index is 1.59. The Bertz CT molecular complexity index is 797. The van der Waals surface area contributed by atoms with Crippen LogP contribution in [-0.2, 0) is 6.42 Å². The van der Waals surface area contributed by atoms with Crippen molar-refractivity contribution in [3.05, 3.63) is 45.1 Å². The van der Waals surface area contributed by atoms with Crippen molar-refractivity contribution >= 4 is 38.1 Å². The average Bonchev–Trinajstić information content (AvgIpc) is 3.01. The van der Waals surface area contributed by atoms with Crippen molar-refractivity contribution in [1.29, 1.82) is 0 Å². The highest BCUT2D eigenvalue weighted by atomic mass is 79.9. The Morgan fingerprint density at radius 1 is 1.43 bits per heavy atom. The fraction of sp³-hybridized carbons (Fsp3) is 0.231. The van der Waals surface area contributed by atoms with Gasteiger partial charge in [0.25, 0.3) is 5.91 Å². The molecule has 2 aromatic heterocycles. The van der Waals surface area contributed by atoms with E-state index in [-0.39, 0.29) is 5.91 Å².